The fourth-order valence-corrected chi connectivity index (χ4v) is 8.70. The van der Waals surface area contributed by atoms with Gasteiger partial charge >= 0.3 is 0 Å². The molecule has 0 radical (unpaired) electrons. The van der Waals surface area contributed by atoms with E-state index in [-0.39, 0.29) is 16.2 Å². The highest BCUT2D eigenvalue weighted by Crippen LogP contribution is 2.61. The van der Waals surface area contributed by atoms with E-state index in [0.29, 0.717) is 0 Å². The van der Waals surface area contributed by atoms with Gasteiger partial charge in [0.15, 0.2) is 0 Å². The molecule has 7 aromatic rings. The van der Waals surface area contributed by atoms with Gasteiger partial charge in [0.2, 0.25) is 0 Å². The first-order valence-electron chi connectivity index (χ1n) is 16.8. The van der Waals surface area contributed by atoms with E-state index in [4.69, 9.17) is 4.42 Å². The Bertz CT molecular complexity index is 2390. The number of rotatable bonds is 3. The standard InChI is InChI=1S/C45H39NO/c1-43(2)38-26-29(46(28-14-8-7-9-15-28)30-21-23-34-33-17-11-13-19-39(33)47-40(34)27-30)20-22-32(38)35-24-25-36-31-16-10-12-18-37(31)44(3,4)45(5,6)42(36)41(35)43/h7-27H,1-6H3. The van der Waals surface area contributed by atoms with Crippen molar-refractivity contribution in [3.8, 4) is 22.3 Å². The van der Waals surface area contributed by atoms with Gasteiger partial charge in [-0.2, -0.15) is 0 Å². The molecule has 0 bridgehead atoms. The van der Waals surface area contributed by atoms with Crippen molar-refractivity contribution in [2.45, 2.75) is 57.8 Å². The third kappa shape index (κ3) is 3.73. The van der Waals surface area contributed by atoms with Crippen molar-refractivity contribution in [2.24, 2.45) is 0 Å². The molecule has 1 aromatic heterocycles. The topological polar surface area (TPSA) is 16.4 Å². The second kappa shape index (κ2) is 9.48. The van der Waals surface area contributed by atoms with Crippen molar-refractivity contribution in [1.82, 2.24) is 0 Å². The number of fused-ring (bicyclic) bond motifs is 10. The van der Waals surface area contributed by atoms with Crippen molar-refractivity contribution < 1.29 is 4.42 Å². The van der Waals surface area contributed by atoms with Crippen molar-refractivity contribution in [3.05, 3.63) is 150 Å². The van der Waals surface area contributed by atoms with Gasteiger partial charge in [0, 0.05) is 39.3 Å². The van der Waals surface area contributed by atoms with Gasteiger partial charge in [-0.1, -0.05) is 120 Å². The van der Waals surface area contributed by atoms with E-state index in [0.717, 1.165) is 39.0 Å². The summed E-state index contributed by atoms with van der Waals surface area (Å²) >= 11 is 0. The second-order valence-electron chi connectivity index (χ2n) is 15.0. The van der Waals surface area contributed by atoms with Crippen LogP contribution < -0.4 is 4.90 Å². The molecule has 0 amide bonds. The van der Waals surface area contributed by atoms with Gasteiger partial charge < -0.3 is 9.32 Å². The largest absolute Gasteiger partial charge is 0.456 e. The molecular formula is C45H39NO. The Hall–Kier alpha value is -5.08. The monoisotopic (exact) mass is 609 g/mol. The highest BCUT2D eigenvalue weighted by atomic mass is 16.3. The zero-order chi connectivity index (χ0) is 32.3. The van der Waals surface area contributed by atoms with E-state index in [2.05, 4.69) is 162 Å². The van der Waals surface area contributed by atoms with Crippen molar-refractivity contribution in [2.75, 3.05) is 4.90 Å². The first kappa shape index (κ1) is 28.2. The number of benzene rings is 6. The number of hydrogen-bond acceptors (Lipinski definition) is 2. The summed E-state index contributed by atoms with van der Waals surface area (Å²) in [5.74, 6) is 0. The number of nitrogens with zero attached hydrogens (tertiary/aromatic N) is 1. The Balaban J connectivity index is 1.24. The molecule has 2 aliphatic rings. The van der Waals surface area contributed by atoms with Crippen LogP contribution in [0.15, 0.2) is 132 Å². The third-order valence-corrected chi connectivity index (χ3v) is 11.8. The third-order valence-electron chi connectivity index (χ3n) is 11.8. The molecule has 6 aromatic carbocycles. The van der Waals surface area contributed by atoms with Crippen LogP contribution in [-0.2, 0) is 16.2 Å². The molecule has 0 fully saturated rings. The maximum atomic E-state index is 6.35. The molecule has 230 valence electrons. The van der Waals surface area contributed by atoms with E-state index < -0.39 is 0 Å². The minimum absolute atomic E-state index is 0.0266. The zero-order valence-corrected chi connectivity index (χ0v) is 28.0. The van der Waals surface area contributed by atoms with Crippen LogP contribution in [0.3, 0.4) is 0 Å². The Morgan fingerprint density at radius 2 is 1.02 bits per heavy atom. The lowest BCUT2D eigenvalue weighted by Crippen LogP contribution is -2.45. The Labute approximate surface area is 277 Å². The fraction of sp³-hybridized carbons (Fsp3) is 0.200. The maximum Gasteiger partial charge on any atom is 0.137 e. The van der Waals surface area contributed by atoms with Crippen LogP contribution in [-0.4, -0.2) is 0 Å². The smallest absolute Gasteiger partial charge is 0.137 e. The highest BCUT2D eigenvalue weighted by Gasteiger charge is 2.50. The summed E-state index contributed by atoms with van der Waals surface area (Å²) in [7, 11) is 0. The van der Waals surface area contributed by atoms with Crippen LogP contribution in [0.25, 0.3) is 44.2 Å². The molecule has 0 spiro atoms. The molecule has 0 saturated carbocycles. The predicted octanol–water partition coefficient (Wildman–Crippen LogP) is 12.6. The molecule has 1 heterocycles. The van der Waals surface area contributed by atoms with Crippen LogP contribution in [0.4, 0.5) is 17.1 Å². The minimum atomic E-state index is -0.184. The quantitative estimate of drug-likeness (QED) is 0.198. The van der Waals surface area contributed by atoms with Gasteiger partial charge in [0.1, 0.15) is 11.2 Å². The zero-order valence-electron chi connectivity index (χ0n) is 28.0. The van der Waals surface area contributed by atoms with Gasteiger partial charge in [0.25, 0.3) is 0 Å². The SMILES string of the molecule is CC1(C)c2cc(N(c3ccccc3)c3ccc4c(c3)oc3ccccc34)ccc2-c2ccc3c(c21)C(C)(C)C(C)(C)c1ccccc1-3. The molecule has 0 unspecified atom stereocenters. The molecule has 2 aliphatic carbocycles. The lowest BCUT2D eigenvalue weighted by atomic mass is 9.53. The average Bonchev–Trinajstić information content (AvgIpc) is 3.56. The molecule has 0 atom stereocenters. The van der Waals surface area contributed by atoms with Gasteiger partial charge in [-0.05, 0) is 97.8 Å². The van der Waals surface area contributed by atoms with Crippen LogP contribution >= 0.6 is 0 Å². The highest BCUT2D eigenvalue weighted by molar-refractivity contribution is 6.06. The molecular weight excluding hydrogens is 571 g/mol. The van der Waals surface area contributed by atoms with E-state index in [9.17, 15) is 0 Å². The van der Waals surface area contributed by atoms with Crippen LogP contribution in [0.1, 0.15) is 63.8 Å². The molecule has 0 aliphatic heterocycles. The van der Waals surface area contributed by atoms with Crippen LogP contribution in [0, 0.1) is 0 Å². The van der Waals surface area contributed by atoms with Crippen LogP contribution in [0.5, 0.6) is 0 Å². The summed E-state index contributed by atoms with van der Waals surface area (Å²) in [5.41, 5.74) is 16.1. The van der Waals surface area contributed by atoms with E-state index >= 15 is 0 Å². The van der Waals surface area contributed by atoms with Crippen molar-refractivity contribution >= 4 is 39.0 Å². The van der Waals surface area contributed by atoms with Gasteiger partial charge in [0.05, 0.1) is 0 Å². The number of hydrogen-bond donors (Lipinski definition) is 0. The molecule has 0 N–H and O–H groups in total. The van der Waals surface area contributed by atoms with Crippen LogP contribution in [0.2, 0.25) is 0 Å². The average molecular weight is 610 g/mol. The fourth-order valence-electron chi connectivity index (χ4n) is 8.70. The number of para-hydroxylation sites is 2. The number of furan rings is 1. The second-order valence-corrected chi connectivity index (χ2v) is 15.0. The first-order valence-corrected chi connectivity index (χ1v) is 16.8. The van der Waals surface area contributed by atoms with Gasteiger partial charge in [-0.25, -0.2) is 0 Å². The number of anilines is 3. The van der Waals surface area contributed by atoms with Crippen molar-refractivity contribution in [3.63, 3.8) is 0 Å². The first-order chi connectivity index (χ1) is 22.6. The Morgan fingerprint density at radius 3 is 1.83 bits per heavy atom. The Kier molecular flexibility index (Phi) is 5.68. The molecule has 2 nitrogen and oxygen atoms in total. The Morgan fingerprint density at radius 1 is 0.426 bits per heavy atom. The van der Waals surface area contributed by atoms with E-state index in [1.807, 2.05) is 12.1 Å². The summed E-state index contributed by atoms with van der Waals surface area (Å²) < 4.78 is 6.35. The maximum absolute atomic E-state index is 6.35. The molecule has 9 rings (SSSR count). The van der Waals surface area contributed by atoms with E-state index in [1.165, 1.54) is 44.5 Å². The molecule has 0 saturated heterocycles. The lowest BCUT2D eigenvalue weighted by Gasteiger charge is -2.50. The molecule has 47 heavy (non-hydrogen) atoms. The van der Waals surface area contributed by atoms with E-state index in [1.54, 1.807) is 0 Å². The summed E-state index contributed by atoms with van der Waals surface area (Å²) in [4.78, 5) is 2.37. The predicted molar refractivity (Wildman–Crippen MR) is 197 cm³/mol. The summed E-state index contributed by atoms with van der Waals surface area (Å²) in [6.45, 7) is 14.6. The molecule has 2 heteroatoms. The van der Waals surface area contributed by atoms with Crippen molar-refractivity contribution in [1.29, 1.82) is 0 Å². The minimum Gasteiger partial charge on any atom is -0.456 e. The van der Waals surface area contributed by atoms with Gasteiger partial charge in [-0.3, -0.25) is 0 Å². The summed E-state index contributed by atoms with van der Waals surface area (Å²) in [6, 6.07) is 46.5. The normalized spacial score (nSPS) is 16.4. The lowest BCUT2D eigenvalue weighted by molar-refractivity contribution is 0.295. The summed E-state index contributed by atoms with van der Waals surface area (Å²) in [6.07, 6.45) is 0. The summed E-state index contributed by atoms with van der Waals surface area (Å²) in [5, 5.41) is 2.29. The van der Waals surface area contributed by atoms with Gasteiger partial charge in [-0.15, -0.1) is 0 Å².